The first-order chi connectivity index (χ1) is 20.9. The van der Waals surface area contributed by atoms with E-state index in [-0.39, 0.29) is 17.8 Å². The van der Waals surface area contributed by atoms with Gasteiger partial charge in [-0.1, -0.05) is 13.2 Å². The van der Waals surface area contributed by atoms with Crippen molar-refractivity contribution in [3.63, 3.8) is 0 Å². The molecular weight excluding hydrogens is 572 g/mol. The van der Waals surface area contributed by atoms with Crippen molar-refractivity contribution >= 4 is 11.9 Å². The summed E-state index contributed by atoms with van der Waals surface area (Å²) >= 11 is 0. The van der Waals surface area contributed by atoms with Gasteiger partial charge in [-0.05, 0) is 13.8 Å². The van der Waals surface area contributed by atoms with Crippen LogP contribution in [0.5, 0.6) is 0 Å². The molecule has 254 valence electrons. The van der Waals surface area contributed by atoms with Gasteiger partial charge < -0.3 is 57.2 Å². The summed E-state index contributed by atoms with van der Waals surface area (Å²) in [5.74, 6) is -1.42. The van der Waals surface area contributed by atoms with Crippen LogP contribution in [0.15, 0.2) is 24.3 Å². The zero-order chi connectivity index (χ0) is 32.2. The second kappa shape index (κ2) is 36.4. The number of hydrogen-bond donors (Lipinski definition) is 1. The second-order valence-electron chi connectivity index (χ2n) is 8.47. The molecule has 0 spiro atoms. The normalized spacial score (nSPS) is 10.7. The molecule has 0 fully saturated rings. The van der Waals surface area contributed by atoms with E-state index in [2.05, 4.69) is 17.9 Å². The predicted octanol–water partition coefficient (Wildman–Crippen LogP) is 0.983. The Morgan fingerprint density at radius 1 is 0.442 bits per heavy atom. The van der Waals surface area contributed by atoms with E-state index in [1.807, 2.05) is 0 Å². The molecule has 43 heavy (non-hydrogen) atoms. The Hall–Kier alpha value is -1.82. The van der Waals surface area contributed by atoms with Gasteiger partial charge in [-0.25, -0.2) is 9.59 Å². The van der Waals surface area contributed by atoms with E-state index >= 15 is 0 Å². The lowest BCUT2D eigenvalue weighted by Gasteiger charge is -2.08. The fourth-order valence-electron chi connectivity index (χ4n) is 2.33. The monoisotopic (exact) mass is 626 g/mol. The molecule has 0 amide bonds. The van der Waals surface area contributed by atoms with E-state index in [1.54, 1.807) is 7.11 Å². The Bertz CT molecular complexity index is 605. The van der Waals surface area contributed by atoms with Crippen molar-refractivity contribution in [2.24, 2.45) is 0 Å². The standard InChI is InChI=1S/C21H44O11.C8H10O3/c1-23-4-5-25-8-9-27-12-13-29-16-17-31-20-21-32-19-18-30-15-14-28-11-10-26-7-6-24-3-2-22;1-5(2)7(9)11-8(10)6(3)4/h22H,2-21H2,1H3;1,3H2,2,4H3. The highest BCUT2D eigenvalue weighted by atomic mass is 16.6. The number of methoxy groups -OCH3 is 1. The van der Waals surface area contributed by atoms with Gasteiger partial charge in [0.25, 0.3) is 0 Å². The summed E-state index contributed by atoms with van der Waals surface area (Å²) in [4.78, 5) is 21.3. The van der Waals surface area contributed by atoms with E-state index < -0.39 is 11.9 Å². The number of aliphatic hydroxyl groups excluding tert-OH is 1. The lowest BCUT2D eigenvalue weighted by molar-refractivity contribution is -0.153. The topological polar surface area (TPSA) is 156 Å². The average molecular weight is 627 g/mol. The maximum absolute atomic E-state index is 10.7. The van der Waals surface area contributed by atoms with E-state index in [0.717, 1.165) is 0 Å². The molecule has 0 aliphatic rings. The van der Waals surface area contributed by atoms with Gasteiger partial charge in [0.05, 0.1) is 132 Å². The smallest absolute Gasteiger partial charge is 0.340 e. The summed E-state index contributed by atoms with van der Waals surface area (Å²) in [6.07, 6.45) is 0. The van der Waals surface area contributed by atoms with Crippen molar-refractivity contribution in [2.45, 2.75) is 13.8 Å². The van der Waals surface area contributed by atoms with Crippen molar-refractivity contribution in [3.05, 3.63) is 24.3 Å². The number of aliphatic hydroxyl groups is 1. The molecule has 0 aliphatic heterocycles. The van der Waals surface area contributed by atoms with E-state index in [1.165, 1.54) is 13.8 Å². The van der Waals surface area contributed by atoms with Crippen LogP contribution in [0.1, 0.15) is 13.8 Å². The number of carbonyl (C=O) groups excluding carboxylic acids is 2. The average Bonchev–Trinajstić information content (AvgIpc) is 2.98. The zero-order valence-electron chi connectivity index (χ0n) is 26.3. The molecule has 0 aliphatic carbocycles. The molecular formula is C29H54O14. The van der Waals surface area contributed by atoms with Crippen LogP contribution in [-0.2, 0) is 61.7 Å². The fraction of sp³-hybridized carbons (Fsp3) is 0.793. The Labute approximate surface area is 256 Å². The van der Waals surface area contributed by atoms with Crippen LogP contribution < -0.4 is 0 Å². The van der Waals surface area contributed by atoms with Gasteiger partial charge in [0.15, 0.2) is 0 Å². The van der Waals surface area contributed by atoms with Gasteiger partial charge in [-0.2, -0.15) is 0 Å². The highest BCUT2D eigenvalue weighted by Gasteiger charge is 2.10. The molecule has 0 unspecified atom stereocenters. The third-order valence-electron chi connectivity index (χ3n) is 4.53. The molecule has 0 bridgehead atoms. The highest BCUT2D eigenvalue weighted by molar-refractivity contribution is 6.00. The fourth-order valence-corrected chi connectivity index (χ4v) is 2.33. The van der Waals surface area contributed by atoms with Gasteiger partial charge in [-0.15, -0.1) is 0 Å². The van der Waals surface area contributed by atoms with Crippen LogP contribution in [0.25, 0.3) is 0 Å². The molecule has 14 heteroatoms. The Balaban J connectivity index is 0. The second-order valence-corrected chi connectivity index (χ2v) is 8.47. The summed E-state index contributed by atoms with van der Waals surface area (Å²) in [5.41, 5.74) is 0.388. The lowest BCUT2D eigenvalue weighted by atomic mass is 10.3. The molecule has 0 saturated heterocycles. The first-order valence-corrected chi connectivity index (χ1v) is 14.2. The molecule has 0 heterocycles. The number of ether oxygens (including phenoxy) is 11. The number of esters is 2. The van der Waals surface area contributed by atoms with Crippen molar-refractivity contribution in [1.29, 1.82) is 0 Å². The van der Waals surface area contributed by atoms with Crippen LogP contribution in [0, 0.1) is 0 Å². The minimum absolute atomic E-state index is 0.0301. The molecule has 0 rings (SSSR count). The summed E-state index contributed by atoms with van der Waals surface area (Å²) in [7, 11) is 1.64. The molecule has 14 nitrogen and oxygen atoms in total. The van der Waals surface area contributed by atoms with Crippen molar-refractivity contribution in [3.8, 4) is 0 Å². The SMILES string of the molecule is C=C(C)C(=O)OC(=O)C(=C)C.COCCOCCOCCOCCOCCOCCOCCOCCOCCOCCO. The van der Waals surface area contributed by atoms with Crippen molar-refractivity contribution in [1.82, 2.24) is 0 Å². The van der Waals surface area contributed by atoms with Crippen LogP contribution in [-0.4, -0.2) is 156 Å². The van der Waals surface area contributed by atoms with Gasteiger partial charge in [0, 0.05) is 18.3 Å². The Kier molecular flexibility index (Phi) is 36.6. The van der Waals surface area contributed by atoms with Gasteiger partial charge in [-0.3, -0.25) is 0 Å². The summed E-state index contributed by atoms with van der Waals surface area (Å²) < 4.78 is 57.2. The molecule has 0 radical (unpaired) electrons. The molecule has 0 aromatic carbocycles. The Morgan fingerprint density at radius 2 is 0.651 bits per heavy atom. The highest BCUT2D eigenvalue weighted by Crippen LogP contribution is 1.97. The largest absolute Gasteiger partial charge is 0.394 e. The predicted molar refractivity (Wildman–Crippen MR) is 157 cm³/mol. The first kappa shape index (κ1) is 43.3. The first-order valence-electron chi connectivity index (χ1n) is 14.2. The van der Waals surface area contributed by atoms with Gasteiger partial charge in [0.2, 0.25) is 0 Å². The molecule has 0 aromatic rings. The lowest BCUT2D eigenvalue weighted by Crippen LogP contribution is -2.15. The van der Waals surface area contributed by atoms with Gasteiger partial charge in [0.1, 0.15) is 0 Å². The minimum Gasteiger partial charge on any atom is -0.394 e. The van der Waals surface area contributed by atoms with E-state index in [4.69, 9.17) is 52.5 Å². The zero-order valence-corrected chi connectivity index (χ0v) is 26.3. The Morgan fingerprint density at radius 3 is 0.837 bits per heavy atom. The number of hydrogen-bond acceptors (Lipinski definition) is 14. The quantitative estimate of drug-likeness (QED) is 0.0503. The molecule has 0 atom stereocenters. The third kappa shape index (κ3) is 38.2. The van der Waals surface area contributed by atoms with Crippen LogP contribution >= 0.6 is 0 Å². The van der Waals surface area contributed by atoms with E-state index in [0.29, 0.717) is 126 Å². The molecule has 0 saturated carbocycles. The maximum atomic E-state index is 10.7. The number of rotatable bonds is 31. The summed E-state index contributed by atoms with van der Waals surface area (Å²) in [6, 6.07) is 0. The van der Waals surface area contributed by atoms with Crippen LogP contribution in [0.3, 0.4) is 0 Å². The third-order valence-corrected chi connectivity index (χ3v) is 4.53. The summed E-state index contributed by atoms with van der Waals surface area (Å²) in [6.45, 7) is 19.4. The maximum Gasteiger partial charge on any atom is 0.340 e. The van der Waals surface area contributed by atoms with E-state index in [9.17, 15) is 9.59 Å². The number of carbonyl (C=O) groups is 2. The molecule has 1 N–H and O–H groups in total. The van der Waals surface area contributed by atoms with Crippen molar-refractivity contribution in [2.75, 3.05) is 139 Å². The molecule has 0 aromatic heterocycles. The minimum atomic E-state index is -0.710. The summed E-state index contributed by atoms with van der Waals surface area (Å²) in [5, 5.41) is 8.54. The van der Waals surface area contributed by atoms with Crippen molar-refractivity contribution < 1.29 is 66.8 Å². The van der Waals surface area contributed by atoms with Crippen LogP contribution in [0.2, 0.25) is 0 Å². The van der Waals surface area contributed by atoms with Gasteiger partial charge >= 0.3 is 11.9 Å². The van der Waals surface area contributed by atoms with Crippen LogP contribution in [0.4, 0.5) is 0 Å².